The van der Waals surface area contributed by atoms with Crippen molar-refractivity contribution in [1.82, 2.24) is 14.8 Å². The van der Waals surface area contributed by atoms with Crippen molar-refractivity contribution in [3.8, 4) is 0 Å². The average molecular weight is 504 g/mol. The Kier molecular flexibility index (Phi) is 7.53. The molecule has 0 spiro atoms. The third kappa shape index (κ3) is 5.55. The summed E-state index contributed by atoms with van der Waals surface area (Å²) < 4.78 is 7.47. The molecule has 2 saturated heterocycles. The Hall–Kier alpha value is -3.36. The minimum atomic E-state index is -0.260. The fraction of sp³-hybridized carbons (Fsp3) is 0.321. The zero-order valence-corrected chi connectivity index (χ0v) is 20.8. The van der Waals surface area contributed by atoms with Crippen LogP contribution in [-0.2, 0) is 27.3 Å². The van der Waals surface area contributed by atoms with Crippen LogP contribution in [-0.4, -0.2) is 52.3 Å². The number of nitrogens with one attached hydrogen (secondary N) is 1. The van der Waals surface area contributed by atoms with Gasteiger partial charge in [0.15, 0.2) is 0 Å². The molecule has 3 amide bonds. The van der Waals surface area contributed by atoms with E-state index >= 15 is 0 Å². The molecule has 1 aromatic heterocycles. The number of para-hydroxylation sites is 1. The molecule has 2 aliphatic rings. The molecular weight excluding hydrogens is 474 g/mol. The lowest BCUT2D eigenvalue weighted by Crippen LogP contribution is -2.34. The molecule has 5 rings (SSSR count). The molecule has 0 unspecified atom stereocenters. The van der Waals surface area contributed by atoms with Crippen molar-refractivity contribution in [2.24, 2.45) is 0 Å². The molecule has 0 aliphatic carbocycles. The maximum Gasteiger partial charge on any atom is 0.293 e. The Morgan fingerprint density at radius 2 is 1.92 bits per heavy atom. The van der Waals surface area contributed by atoms with Crippen LogP contribution in [0.25, 0.3) is 17.0 Å². The van der Waals surface area contributed by atoms with Crippen molar-refractivity contribution in [2.75, 3.05) is 19.7 Å². The predicted molar refractivity (Wildman–Crippen MR) is 141 cm³/mol. The lowest BCUT2D eigenvalue weighted by Gasteiger charge is -2.12. The van der Waals surface area contributed by atoms with Gasteiger partial charge in [-0.25, -0.2) is 0 Å². The van der Waals surface area contributed by atoms with Crippen molar-refractivity contribution < 1.29 is 19.1 Å². The summed E-state index contributed by atoms with van der Waals surface area (Å²) in [5.74, 6) is -0.347. The number of carbonyl (C=O) groups is 3. The number of aromatic nitrogens is 1. The summed E-state index contributed by atoms with van der Waals surface area (Å²) in [6.45, 7) is 1.83. The number of aryl methyl sites for hydroxylation is 1. The van der Waals surface area contributed by atoms with Gasteiger partial charge in [-0.3, -0.25) is 19.3 Å². The van der Waals surface area contributed by atoms with Gasteiger partial charge in [-0.15, -0.1) is 0 Å². The van der Waals surface area contributed by atoms with Crippen LogP contribution in [0.15, 0.2) is 65.7 Å². The second-order valence-electron chi connectivity index (χ2n) is 9.09. The van der Waals surface area contributed by atoms with E-state index in [0.717, 1.165) is 60.5 Å². The van der Waals surface area contributed by atoms with Gasteiger partial charge in [-0.2, -0.15) is 0 Å². The van der Waals surface area contributed by atoms with Crippen LogP contribution in [0.2, 0.25) is 0 Å². The molecule has 0 bridgehead atoms. The Morgan fingerprint density at radius 3 is 2.72 bits per heavy atom. The van der Waals surface area contributed by atoms with E-state index in [-0.39, 0.29) is 29.7 Å². The molecule has 1 N–H and O–H groups in total. The fourth-order valence-corrected chi connectivity index (χ4v) is 5.54. The smallest absolute Gasteiger partial charge is 0.293 e. The summed E-state index contributed by atoms with van der Waals surface area (Å²) in [7, 11) is 0. The van der Waals surface area contributed by atoms with Crippen molar-refractivity contribution in [3.05, 3.63) is 76.8 Å². The number of ether oxygens (including phenoxy) is 1. The number of benzene rings is 2. The first kappa shape index (κ1) is 24.3. The number of hydrogen-bond donors (Lipinski definition) is 1. The summed E-state index contributed by atoms with van der Waals surface area (Å²) in [6.07, 6.45) is 7.27. The number of fused-ring (bicyclic) bond motifs is 1. The van der Waals surface area contributed by atoms with E-state index in [4.69, 9.17) is 4.74 Å². The minimum absolute atomic E-state index is 0.0865. The molecule has 2 aromatic carbocycles. The summed E-state index contributed by atoms with van der Waals surface area (Å²) >= 11 is 0.973. The highest BCUT2D eigenvalue weighted by Gasteiger charge is 2.34. The van der Waals surface area contributed by atoms with Gasteiger partial charge in [0, 0.05) is 42.4 Å². The Bertz CT molecular complexity index is 1290. The molecule has 36 heavy (non-hydrogen) atoms. The molecule has 0 saturated carbocycles. The van der Waals surface area contributed by atoms with Crippen LogP contribution >= 0.6 is 11.8 Å². The highest BCUT2D eigenvalue weighted by atomic mass is 32.2. The molecule has 8 heteroatoms. The van der Waals surface area contributed by atoms with Crippen molar-refractivity contribution in [1.29, 1.82) is 0 Å². The Balaban J connectivity index is 1.27. The molecule has 3 aromatic rings. The number of thioether (sulfide) groups is 1. The van der Waals surface area contributed by atoms with Gasteiger partial charge in [0.25, 0.3) is 11.1 Å². The standard InChI is InChI=1S/C28H29N3O4S/c32-26(29-17-22-11-7-15-35-22)19-30-18-21(23-12-4-5-13-24(23)30)16-25-27(33)31(28(34)36-25)14-6-10-20-8-2-1-3-9-20/h1-5,8-9,12-13,16,18,22H,6-7,10-11,14-15,17,19H2,(H,29,32)/b25-16-/t22-/m0/s1. The second-order valence-corrected chi connectivity index (χ2v) is 10.1. The third-order valence-electron chi connectivity index (χ3n) is 6.53. The highest BCUT2D eigenvalue weighted by Crippen LogP contribution is 2.34. The van der Waals surface area contributed by atoms with Crippen molar-refractivity contribution in [3.63, 3.8) is 0 Å². The molecule has 2 aliphatic heterocycles. The van der Waals surface area contributed by atoms with E-state index in [2.05, 4.69) is 5.32 Å². The molecule has 3 heterocycles. The zero-order valence-electron chi connectivity index (χ0n) is 20.0. The first-order valence-electron chi connectivity index (χ1n) is 12.3. The number of rotatable bonds is 9. The van der Waals surface area contributed by atoms with Gasteiger partial charge in [-0.1, -0.05) is 48.5 Å². The lowest BCUT2D eigenvalue weighted by molar-refractivity contribution is -0.123. The monoisotopic (exact) mass is 503 g/mol. The fourth-order valence-electron chi connectivity index (χ4n) is 4.68. The van der Waals surface area contributed by atoms with Crippen LogP contribution in [0.5, 0.6) is 0 Å². The van der Waals surface area contributed by atoms with Crippen molar-refractivity contribution in [2.45, 2.75) is 38.3 Å². The van der Waals surface area contributed by atoms with Gasteiger partial charge in [0.2, 0.25) is 5.91 Å². The first-order valence-corrected chi connectivity index (χ1v) is 13.2. The topological polar surface area (TPSA) is 80.6 Å². The van der Waals surface area contributed by atoms with E-state index < -0.39 is 0 Å². The minimum Gasteiger partial charge on any atom is -0.376 e. The van der Waals surface area contributed by atoms with E-state index in [0.29, 0.717) is 18.0 Å². The quantitative estimate of drug-likeness (QED) is 0.432. The van der Waals surface area contributed by atoms with Gasteiger partial charge < -0.3 is 14.6 Å². The van der Waals surface area contributed by atoms with E-state index in [1.807, 2.05) is 65.4 Å². The number of nitrogens with zero attached hydrogens (tertiary/aromatic N) is 2. The summed E-state index contributed by atoms with van der Waals surface area (Å²) in [4.78, 5) is 39.9. The predicted octanol–water partition coefficient (Wildman–Crippen LogP) is 4.61. The van der Waals surface area contributed by atoms with Crippen LogP contribution in [0.4, 0.5) is 4.79 Å². The normalized spacial score (nSPS) is 19.1. The van der Waals surface area contributed by atoms with E-state index in [1.54, 1.807) is 6.08 Å². The molecule has 0 radical (unpaired) electrons. The highest BCUT2D eigenvalue weighted by molar-refractivity contribution is 8.18. The molecule has 186 valence electrons. The number of carbonyl (C=O) groups excluding carboxylic acids is 3. The lowest BCUT2D eigenvalue weighted by atomic mass is 10.1. The van der Waals surface area contributed by atoms with Crippen LogP contribution in [0, 0.1) is 0 Å². The largest absolute Gasteiger partial charge is 0.376 e. The zero-order chi connectivity index (χ0) is 24.9. The van der Waals surface area contributed by atoms with Gasteiger partial charge in [0.05, 0.1) is 11.0 Å². The SMILES string of the molecule is O=C(Cn1cc(/C=C2\SC(=O)N(CCCc3ccccc3)C2=O)c2ccccc21)NC[C@@H]1CCCO1. The molecular formula is C28H29N3O4S. The number of imide groups is 1. The second kappa shape index (κ2) is 11.1. The van der Waals surface area contributed by atoms with Gasteiger partial charge >= 0.3 is 0 Å². The number of hydrogen-bond acceptors (Lipinski definition) is 5. The summed E-state index contributed by atoms with van der Waals surface area (Å²) in [6, 6.07) is 17.8. The van der Waals surface area contributed by atoms with Gasteiger partial charge in [-0.05, 0) is 55.2 Å². The Labute approximate surface area is 214 Å². The third-order valence-corrected chi connectivity index (χ3v) is 7.44. The number of amides is 3. The van der Waals surface area contributed by atoms with Crippen LogP contribution in [0.3, 0.4) is 0 Å². The Morgan fingerprint density at radius 1 is 1.11 bits per heavy atom. The average Bonchev–Trinajstić information content (AvgIpc) is 3.59. The van der Waals surface area contributed by atoms with Gasteiger partial charge in [0.1, 0.15) is 6.54 Å². The summed E-state index contributed by atoms with van der Waals surface area (Å²) in [5, 5.41) is 3.65. The van der Waals surface area contributed by atoms with Crippen molar-refractivity contribution >= 4 is 45.8 Å². The molecule has 1 atom stereocenters. The first-order chi connectivity index (χ1) is 17.6. The maximum absolute atomic E-state index is 13.0. The molecule has 2 fully saturated rings. The maximum atomic E-state index is 13.0. The summed E-state index contributed by atoms with van der Waals surface area (Å²) in [5.41, 5.74) is 2.90. The molecule has 7 nitrogen and oxygen atoms in total. The van der Waals surface area contributed by atoms with E-state index in [1.165, 1.54) is 10.5 Å². The van der Waals surface area contributed by atoms with Crippen LogP contribution < -0.4 is 5.32 Å². The van der Waals surface area contributed by atoms with Crippen LogP contribution in [0.1, 0.15) is 30.4 Å². The van der Waals surface area contributed by atoms with E-state index in [9.17, 15) is 14.4 Å².